The smallest absolute Gasteiger partial charge is 0.296 e. The highest BCUT2D eigenvalue weighted by atomic mass is 16.2. The summed E-state index contributed by atoms with van der Waals surface area (Å²) in [6.07, 6.45) is 1.58. The number of hydrogen-bond acceptors (Lipinski definition) is 2. The van der Waals surface area contributed by atoms with Crippen LogP contribution in [0.2, 0.25) is 0 Å². The Balaban J connectivity index is 1.88. The number of para-hydroxylation sites is 2. The quantitative estimate of drug-likeness (QED) is 0.563. The van der Waals surface area contributed by atoms with Crippen LogP contribution < -0.4 is 5.32 Å². The first-order valence-corrected chi connectivity index (χ1v) is 7.58. The fraction of sp³-hybridized carbons (Fsp3) is 0.158. The number of benzene rings is 2. The number of H-pyrrole nitrogens is 1. The first-order chi connectivity index (χ1) is 11.1. The summed E-state index contributed by atoms with van der Waals surface area (Å²) in [5, 5.41) is 3.50. The number of carbonyl (C=O) groups excluding carboxylic acids is 2. The van der Waals surface area contributed by atoms with Crippen molar-refractivity contribution in [2.75, 3.05) is 5.32 Å². The number of ketones is 1. The average Bonchev–Trinajstić information content (AvgIpc) is 2.98. The first kappa shape index (κ1) is 15.0. The molecule has 0 radical (unpaired) electrons. The minimum absolute atomic E-state index is 0.259. The lowest BCUT2D eigenvalue weighted by molar-refractivity contribution is -0.112. The summed E-state index contributed by atoms with van der Waals surface area (Å²) in [6, 6.07) is 15.0. The molecule has 2 aromatic carbocycles. The maximum atomic E-state index is 12.5. The third kappa shape index (κ3) is 2.88. The molecule has 1 amide bonds. The molecule has 0 aliphatic heterocycles. The zero-order valence-corrected chi connectivity index (χ0v) is 13.1. The predicted octanol–water partition coefficient (Wildman–Crippen LogP) is 4.11. The maximum Gasteiger partial charge on any atom is 0.296 e. The Morgan fingerprint density at radius 2 is 1.70 bits per heavy atom. The van der Waals surface area contributed by atoms with Gasteiger partial charge in [0.15, 0.2) is 0 Å². The van der Waals surface area contributed by atoms with Gasteiger partial charge in [-0.2, -0.15) is 0 Å². The Morgan fingerprint density at radius 3 is 2.48 bits per heavy atom. The molecule has 23 heavy (non-hydrogen) atoms. The van der Waals surface area contributed by atoms with Crippen molar-refractivity contribution in [2.24, 2.45) is 0 Å². The number of amides is 1. The fourth-order valence-corrected chi connectivity index (χ4v) is 2.68. The summed E-state index contributed by atoms with van der Waals surface area (Å²) >= 11 is 0. The van der Waals surface area contributed by atoms with E-state index < -0.39 is 11.7 Å². The van der Waals surface area contributed by atoms with Gasteiger partial charge in [0.2, 0.25) is 0 Å². The Bertz CT molecular complexity index is 878. The van der Waals surface area contributed by atoms with Gasteiger partial charge in [-0.25, -0.2) is 0 Å². The van der Waals surface area contributed by atoms with Crippen LogP contribution in [-0.4, -0.2) is 16.7 Å². The molecule has 0 aliphatic rings. The number of aromatic amines is 1. The van der Waals surface area contributed by atoms with Crippen LogP contribution in [0.3, 0.4) is 0 Å². The number of fused-ring (bicyclic) bond motifs is 1. The number of anilines is 1. The van der Waals surface area contributed by atoms with E-state index in [0.717, 1.165) is 16.5 Å². The summed E-state index contributed by atoms with van der Waals surface area (Å²) in [7, 11) is 0. The van der Waals surface area contributed by atoms with E-state index in [1.165, 1.54) is 0 Å². The van der Waals surface area contributed by atoms with Gasteiger partial charge in [-0.05, 0) is 23.6 Å². The number of aromatic nitrogens is 1. The number of carbonyl (C=O) groups is 2. The predicted molar refractivity (Wildman–Crippen MR) is 91.8 cm³/mol. The second-order valence-electron chi connectivity index (χ2n) is 5.77. The number of nitrogens with one attached hydrogen (secondary N) is 2. The molecule has 0 bridgehead atoms. The lowest BCUT2D eigenvalue weighted by Gasteiger charge is -2.13. The van der Waals surface area contributed by atoms with Crippen molar-refractivity contribution in [1.82, 2.24) is 4.98 Å². The van der Waals surface area contributed by atoms with Gasteiger partial charge in [-0.1, -0.05) is 50.2 Å². The third-order valence-electron chi connectivity index (χ3n) is 3.87. The summed E-state index contributed by atoms with van der Waals surface area (Å²) in [4.78, 5) is 27.8. The fourth-order valence-electron chi connectivity index (χ4n) is 2.68. The number of rotatable bonds is 4. The van der Waals surface area contributed by atoms with Gasteiger partial charge in [-0.3, -0.25) is 9.59 Å². The Labute approximate surface area is 134 Å². The van der Waals surface area contributed by atoms with E-state index in [0.29, 0.717) is 11.3 Å². The Kier molecular flexibility index (Phi) is 3.98. The van der Waals surface area contributed by atoms with Gasteiger partial charge in [0.1, 0.15) is 0 Å². The van der Waals surface area contributed by atoms with Crippen molar-refractivity contribution >= 4 is 28.3 Å². The van der Waals surface area contributed by atoms with E-state index in [1.54, 1.807) is 6.20 Å². The highest BCUT2D eigenvalue weighted by Gasteiger charge is 2.21. The molecular weight excluding hydrogens is 288 g/mol. The minimum Gasteiger partial charge on any atom is -0.360 e. The first-order valence-electron chi connectivity index (χ1n) is 7.58. The van der Waals surface area contributed by atoms with Crippen molar-refractivity contribution in [1.29, 1.82) is 0 Å². The van der Waals surface area contributed by atoms with Crippen LogP contribution in [-0.2, 0) is 4.79 Å². The highest BCUT2D eigenvalue weighted by molar-refractivity contribution is 6.48. The zero-order chi connectivity index (χ0) is 16.4. The largest absolute Gasteiger partial charge is 0.360 e. The van der Waals surface area contributed by atoms with Crippen LogP contribution in [0.25, 0.3) is 10.9 Å². The lowest BCUT2D eigenvalue weighted by Crippen LogP contribution is -2.23. The zero-order valence-electron chi connectivity index (χ0n) is 13.1. The number of Topliss-reactive ketones (excluding diaryl/α,β-unsaturated/α-hetero) is 1. The SMILES string of the molecule is CC(C)c1ccccc1NC(=O)C(=O)c1c[nH]c2ccccc12. The molecule has 3 rings (SSSR count). The van der Waals surface area contributed by atoms with Crippen LogP contribution in [0.5, 0.6) is 0 Å². The number of hydrogen-bond donors (Lipinski definition) is 2. The van der Waals surface area contributed by atoms with Crippen molar-refractivity contribution in [3.05, 3.63) is 65.9 Å². The maximum absolute atomic E-state index is 12.5. The van der Waals surface area contributed by atoms with Crippen LogP contribution in [0.1, 0.15) is 35.7 Å². The second-order valence-corrected chi connectivity index (χ2v) is 5.77. The van der Waals surface area contributed by atoms with E-state index in [2.05, 4.69) is 10.3 Å². The minimum atomic E-state index is -0.622. The Hall–Kier alpha value is -2.88. The normalized spacial score (nSPS) is 10.9. The van der Waals surface area contributed by atoms with Gasteiger partial charge < -0.3 is 10.3 Å². The summed E-state index contributed by atoms with van der Waals surface area (Å²) < 4.78 is 0. The monoisotopic (exact) mass is 306 g/mol. The molecule has 0 atom stereocenters. The van der Waals surface area contributed by atoms with Gasteiger partial charge in [-0.15, -0.1) is 0 Å². The molecule has 4 nitrogen and oxygen atoms in total. The molecule has 2 N–H and O–H groups in total. The van der Waals surface area contributed by atoms with Gasteiger partial charge >= 0.3 is 0 Å². The van der Waals surface area contributed by atoms with Crippen molar-refractivity contribution in [3.63, 3.8) is 0 Å². The summed E-state index contributed by atoms with van der Waals surface area (Å²) in [5.41, 5.74) is 2.92. The second kappa shape index (κ2) is 6.08. The molecule has 4 heteroatoms. The van der Waals surface area contributed by atoms with Gasteiger partial charge in [0.25, 0.3) is 11.7 Å². The Morgan fingerprint density at radius 1 is 1.00 bits per heavy atom. The van der Waals surface area contributed by atoms with Gasteiger partial charge in [0.05, 0.1) is 5.56 Å². The molecule has 3 aromatic rings. The van der Waals surface area contributed by atoms with Crippen LogP contribution in [0.15, 0.2) is 54.7 Å². The van der Waals surface area contributed by atoms with Crippen LogP contribution in [0.4, 0.5) is 5.69 Å². The summed E-state index contributed by atoms with van der Waals surface area (Å²) in [5.74, 6) is -0.904. The highest BCUT2D eigenvalue weighted by Crippen LogP contribution is 2.24. The molecule has 0 fully saturated rings. The molecule has 0 spiro atoms. The molecule has 116 valence electrons. The van der Waals surface area contributed by atoms with E-state index in [9.17, 15) is 9.59 Å². The van der Waals surface area contributed by atoms with Crippen molar-refractivity contribution in [2.45, 2.75) is 19.8 Å². The molecule has 1 aromatic heterocycles. The van der Waals surface area contributed by atoms with E-state index in [1.807, 2.05) is 62.4 Å². The molecule has 1 heterocycles. The standard InChI is InChI=1S/C19H18N2O2/c1-12(2)13-7-3-6-10-17(13)21-19(23)18(22)15-11-20-16-9-5-4-8-14(15)16/h3-12,20H,1-2H3,(H,21,23). The lowest BCUT2D eigenvalue weighted by atomic mass is 10.0. The average molecular weight is 306 g/mol. The van der Waals surface area contributed by atoms with E-state index in [4.69, 9.17) is 0 Å². The van der Waals surface area contributed by atoms with E-state index >= 15 is 0 Å². The van der Waals surface area contributed by atoms with Crippen LogP contribution >= 0.6 is 0 Å². The van der Waals surface area contributed by atoms with Crippen LogP contribution in [0, 0.1) is 0 Å². The molecule has 0 unspecified atom stereocenters. The van der Waals surface area contributed by atoms with Gasteiger partial charge in [0, 0.05) is 22.8 Å². The molecule has 0 aliphatic carbocycles. The molecule has 0 saturated carbocycles. The van der Waals surface area contributed by atoms with E-state index in [-0.39, 0.29) is 5.92 Å². The van der Waals surface area contributed by atoms with Crippen molar-refractivity contribution in [3.8, 4) is 0 Å². The molecular formula is C19H18N2O2. The molecule has 0 saturated heterocycles. The van der Waals surface area contributed by atoms with Crippen molar-refractivity contribution < 1.29 is 9.59 Å². The summed E-state index contributed by atoms with van der Waals surface area (Å²) in [6.45, 7) is 4.10. The topological polar surface area (TPSA) is 62.0 Å². The third-order valence-corrected chi connectivity index (χ3v) is 3.87.